The van der Waals surface area contributed by atoms with Crippen LogP contribution in [0, 0.1) is 0 Å². The lowest BCUT2D eigenvalue weighted by Gasteiger charge is -2.00. The Bertz CT molecular complexity index is 333. The highest BCUT2D eigenvalue weighted by Gasteiger charge is 2.06. The second-order valence-electron chi connectivity index (χ2n) is 2.45. The molecule has 0 bridgehead atoms. The van der Waals surface area contributed by atoms with Crippen LogP contribution in [0.15, 0.2) is 22.8 Å². The molecule has 6 heteroatoms. The molecule has 0 amide bonds. The second-order valence-corrected chi connectivity index (χ2v) is 4.84. The van der Waals surface area contributed by atoms with Gasteiger partial charge in [-0.15, -0.1) is 11.6 Å². The standard InChI is InChI=1S/C7H10ClNO3S/c8-6-13(10,11)9-4-3-7-2-1-5-12-7/h1-2,5,9H,3-4,6H2. The van der Waals surface area contributed by atoms with Crippen LogP contribution >= 0.6 is 11.6 Å². The van der Waals surface area contributed by atoms with Crippen molar-refractivity contribution in [1.82, 2.24) is 4.72 Å². The molecule has 0 aromatic carbocycles. The molecule has 0 unspecified atom stereocenters. The first kappa shape index (κ1) is 10.6. The zero-order valence-corrected chi connectivity index (χ0v) is 8.44. The molecule has 1 rings (SSSR count). The molecule has 0 atom stereocenters. The van der Waals surface area contributed by atoms with Gasteiger partial charge in [0.2, 0.25) is 10.0 Å². The van der Waals surface area contributed by atoms with Crippen LogP contribution in [0.5, 0.6) is 0 Å². The number of alkyl halides is 1. The molecular formula is C7H10ClNO3S. The lowest BCUT2D eigenvalue weighted by Crippen LogP contribution is -2.26. The second kappa shape index (κ2) is 4.64. The van der Waals surface area contributed by atoms with Gasteiger partial charge in [0.15, 0.2) is 0 Å². The average Bonchev–Trinajstić information content (AvgIpc) is 2.57. The molecule has 1 aromatic heterocycles. The van der Waals surface area contributed by atoms with Crippen molar-refractivity contribution < 1.29 is 12.8 Å². The molecule has 0 fully saturated rings. The molecule has 1 heterocycles. The van der Waals surface area contributed by atoms with Crippen LogP contribution in [0.25, 0.3) is 0 Å². The predicted octanol–water partition coefficient (Wildman–Crippen LogP) is 0.938. The minimum Gasteiger partial charge on any atom is -0.469 e. The molecular weight excluding hydrogens is 214 g/mol. The Kier molecular flexibility index (Phi) is 3.77. The molecule has 0 spiro atoms. The summed E-state index contributed by atoms with van der Waals surface area (Å²) in [5.74, 6) is 0.747. The number of nitrogens with one attached hydrogen (secondary N) is 1. The highest BCUT2D eigenvalue weighted by Crippen LogP contribution is 2.00. The minimum atomic E-state index is -3.30. The summed E-state index contributed by atoms with van der Waals surface area (Å²) in [6.45, 7) is 0.308. The Morgan fingerprint density at radius 2 is 2.31 bits per heavy atom. The van der Waals surface area contributed by atoms with Crippen molar-refractivity contribution >= 4 is 21.6 Å². The molecule has 74 valence electrons. The first-order valence-corrected chi connectivity index (χ1v) is 5.88. The van der Waals surface area contributed by atoms with Gasteiger partial charge in [0.25, 0.3) is 0 Å². The average molecular weight is 224 g/mol. The van der Waals surface area contributed by atoms with Crippen molar-refractivity contribution in [3.8, 4) is 0 Å². The van der Waals surface area contributed by atoms with E-state index in [2.05, 4.69) is 4.72 Å². The van der Waals surface area contributed by atoms with Gasteiger partial charge in [-0.3, -0.25) is 0 Å². The van der Waals surface area contributed by atoms with Crippen molar-refractivity contribution in [2.24, 2.45) is 0 Å². The van der Waals surface area contributed by atoms with Gasteiger partial charge in [-0.25, -0.2) is 13.1 Å². The van der Waals surface area contributed by atoms with E-state index >= 15 is 0 Å². The van der Waals surface area contributed by atoms with Gasteiger partial charge in [0.05, 0.1) is 6.26 Å². The summed E-state index contributed by atoms with van der Waals surface area (Å²) in [6.07, 6.45) is 2.08. The summed E-state index contributed by atoms with van der Waals surface area (Å²) in [4.78, 5) is 0. The van der Waals surface area contributed by atoms with Crippen molar-refractivity contribution in [2.45, 2.75) is 6.42 Å². The van der Waals surface area contributed by atoms with Gasteiger partial charge in [-0.2, -0.15) is 0 Å². The van der Waals surface area contributed by atoms with E-state index < -0.39 is 15.2 Å². The van der Waals surface area contributed by atoms with E-state index in [0.29, 0.717) is 13.0 Å². The van der Waals surface area contributed by atoms with Crippen LogP contribution in [0.2, 0.25) is 0 Å². The number of hydrogen-bond acceptors (Lipinski definition) is 3. The van der Waals surface area contributed by atoms with Gasteiger partial charge in [-0.1, -0.05) is 0 Å². The molecule has 13 heavy (non-hydrogen) atoms. The van der Waals surface area contributed by atoms with Gasteiger partial charge in [0, 0.05) is 13.0 Å². The number of sulfonamides is 1. The summed E-state index contributed by atoms with van der Waals surface area (Å²) in [6, 6.07) is 3.54. The topological polar surface area (TPSA) is 59.3 Å². The SMILES string of the molecule is O=S(=O)(CCl)NCCc1ccco1. The van der Waals surface area contributed by atoms with Crippen LogP contribution in [0.1, 0.15) is 5.76 Å². The number of halogens is 1. The minimum absolute atomic E-state index is 0.308. The summed E-state index contributed by atoms with van der Waals surface area (Å²) in [5.41, 5.74) is 0. The molecule has 0 saturated carbocycles. The van der Waals surface area contributed by atoms with E-state index in [4.69, 9.17) is 16.0 Å². The molecule has 0 radical (unpaired) electrons. The predicted molar refractivity (Wildman–Crippen MR) is 50.1 cm³/mol. The maximum absolute atomic E-state index is 10.9. The van der Waals surface area contributed by atoms with Crippen LogP contribution in [0.3, 0.4) is 0 Å². The fraction of sp³-hybridized carbons (Fsp3) is 0.429. The van der Waals surface area contributed by atoms with Crippen LogP contribution in [0.4, 0.5) is 0 Å². The van der Waals surface area contributed by atoms with E-state index in [0.717, 1.165) is 5.76 Å². The quantitative estimate of drug-likeness (QED) is 0.756. The summed E-state index contributed by atoms with van der Waals surface area (Å²) in [7, 11) is -3.30. The number of rotatable bonds is 5. The largest absolute Gasteiger partial charge is 0.469 e. The molecule has 4 nitrogen and oxygen atoms in total. The van der Waals surface area contributed by atoms with Crippen LogP contribution in [-0.2, 0) is 16.4 Å². The molecule has 0 saturated heterocycles. The lowest BCUT2D eigenvalue weighted by molar-refractivity contribution is 0.506. The summed E-state index contributed by atoms with van der Waals surface area (Å²) >= 11 is 5.18. The third kappa shape index (κ3) is 3.80. The third-order valence-electron chi connectivity index (χ3n) is 1.42. The van der Waals surface area contributed by atoms with Crippen molar-refractivity contribution in [2.75, 3.05) is 11.8 Å². The molecule has 0 aliphatic carbocycles. The maximum atomic E-state index is 10.9. The summed E-state index contributed by atoms with van der Waals surface area (Å²) in [5, 5.41) is -0.412. The highest BCUT2D eigenvalue weighted by molar-refractivity contribution is 7.90. The van der Waals surface area contributed by atoms with E-state index in [-0.39, 0.29) is 0 Å². The first-order valence-electron chi connectivity index (χ1n) is 3.70. The Balaban J connectivity index is 2.30. The fourth-order valence-electron chi connectivity index (χ4n) is 0.823. The molecule has 1 N–H and O–H groups in total. The van der Waals surface area contributed by atoms with Crippen molar-refractivity contribution in [3.63, 3.8) is 0 Å². The van der Waals surface area contributed by atoms with Gasteiger partial charge >= 0.3 is 0 Å². The van der Waals surface area contributed by atoms with Crippen molar-refractivity contribution in [1.29, 1.82) is 0 Å². The van der Waals surface area contributed by atoms with Crippen molar-refractivity contribution in [3.05, 3.63) is 24.2 Å². The Morgan fingerprint density at radius 1 is 1.54 bits per heavy atom. The van der Waals surface area contributed by atoms with E-state index in [1.54, 1.807) is 18.4 Å². The number of furan rings is 1. The van der Waals surface area contributed by atoms with E-state index in [1.165, 1.54) is 0 Å². The normalized spacial score (nSPS) is 11.8. The first-order chi connectivity index (χ1) is 6.14. The zero-order valence-electron chi connectivity index (χ0n) is 6.86. The lowest BCUT2D eigenvalue weighted by atomic mass is 10.3. The van der Waals surface area contributed by atoms with Crippen LogP contribution in [-0.4, -0.2) is 20.2 Å². The maximum Gasteiger partial charge on any atom is 0.225 e. The fourth-order valence-corrected chi connectivity index (χ4v) is 1.54. The van der Waals surface area contributed by atoms with Crippen LogP contribution < -0.4 is 4.72 Å². The molecule has 0 aliphatic heterocycles. The van der Waals surface area contributed by atoms with Gasteiger partial charge in [0.1, 0.15) is 11.0 Å². The Morgan fingerprint density at radius 3 is 2.85 bits per heavy atom. The molecule has 1 aromatic rings. The van der Waals surface area contributed by atoms with E-state index in [9.17, 15) is 8.42 Å². The zero-order chi connectivity index (χ0) is 9.73. The van der Waals surface area contributed by atoms with Gasteiger partial charge < -0.3 is 4.42 Å². The van der Waals surface area contributed by atoms with E-state index in [1.807, 2.05) is 0 Å². The molecule has 0 aliphatic rings. The monoisotopic (exact) mass is 223 g/mol. The Labute approximate surface area is 81.9 Å². The highest BCUT2D eigenvalue weighted by atomic mass is 35.5. The third-order valence-corrected chi connectivity index (χ3v) is 3.21. The summed E-state index contributed by atoms with van der Waals surface area (Å²) < 4.78 is 29.0. The Hall–Kier alpha value is -0.520. The number of hydrogen-bond donors (Lipinski definition) is 1. The smallest absolute Gasteiger partial charge is 0.225 e. The van der Waals surface area contributed by atoms with Gasteiger partial charge in [-0.05, 0) is 12.1 Å².